The largest absolute Gasteiger partial charge is 0.261 e. The van der Waals surface area contributed by atoms with Crippen LogP contribution < -0.4 is 5.01 Å². The molecule has 0 atom stereocenters. The molecule has 0 fully saturated rings. The summed E-state index contributed by atoms with van der Waals surface area (Å²) in [7, 11) is 0. The quantitative estimate of drug-likeness (QED) is 0.299. The Labute approximate surface area is 175 Å². The van der Waals surface area contributed by atoms with Gasteiger partial charge in [-0.2, -0.15) is 10.2 Å². The zero-order chi connectivity index (χ0) is 20.1. The molecule has 144 valence electrons. The minimum absolute atomic E-state index is 0.546. The molecule has 0 N–H and O–H groups in total. The fourth-order valence-corrected chi connectivity index (χ4v) is 3.40. The lowest BCUT2D eigenvalue weighted by atomic mass is 10.2. The SMILES string of the molecule is Cc1nn(-c2ccccc2)c(Cl)c1/C=N/N(Cc1ccccc1)c1ccccc1. The zero-order valence-corrected chi connectivity index (χ0v) is 16.9. The van der Waals surface area contributed by atoms with E-state index in [1.807, 2.05) is 90.8 Å². The van der Waals surface area contributed by atoms with Crippen molar-refractivity contribution in [3.8, 4) is 5.69 Å². The molecule has 0 saturated carbocycles. The van der Waals surface area contributed by atoms with Gasteiger partial charge in [0, 0.05) is 0 Å². The predicted molar refractivity (Wildman–Crippen MR) is 120 cm³/mol. The molecular weight excluding hydrogens is 380 g/mol. The smallest absolute Gasteiger partial charge is 0.142 e. The van der Waals surface area contributed by atoms with Gasteiger partial charge in [-0.05, 0) is 36.8 Å². The van der Waals surface area contributed by atoms with Gasteiger partial charge in [0.25, 0.3) is 0 Å². The Morgan fingerprint density at radius 3 is 2.14 bits per heavy atom. The summed E-state index contributed by atoms with van der Waals surface area (Å²) in [5.74, 6) is 0. The summed E-state index contributed by atoms with van der Waals surface area (Å²) in [5, 5.41) is 11.9. The summed E-state index contributed by atoms with van der Waals surface area (Å²) in [5.41, 5.74) is 4.75. The highest BCUT2D eigenvalue weighted by Gasteiger charge is 2.14. The van der Waals surface area contributed by atoms with Crippen LogP contribution in [-0.2, 0) is 6.54 Å². The normalized spacial score (nSPS) is 11.1. The first kappa shape index (κ1) is 19.0. The molecule has 4 rings (SSSR count). The van der Waals surface area contributed by atoms with E-state index in [0.29, 0.717) is 11.7 Å². The molecule has 1 aromatic heterocycles. The Kier molecular flexibility index (Phi) is 5.73. The van der Waals surface area contributed by atoms with E-state index in [4.69, 9.17) is 16.7 Å². The lowest BCUT2D eigenvalue weighted by Crippen LogP contribution is -2.16. The lowest BCUT2D eigenvalue weighted by molar-refractivity contribution is 0.858. The molecule has 5 heteroatoms. The third kappa shape index (κ3) is 4.39. The highest BCUT2D eigenvalue weighted by atomic mass is 35.5. The van der Waals surface area contributed by atoms with E-state index in [2.05, 4.69) is 17.2 Å². The van der Waals surface area contributed by atoms with Crippen molar-refractivity contribution in [1.29, 1.82) is 0 Å². The van der Waals surface area contributed by atoms with E-state index in [-0.39, 0.29) is 0 Å². The molecule has 0 radical (unpaired) electrons. The van der Waals surface area contributed by atoms with Crippen LogP contribution in [0.4, 0.5) is 5.69 Å². The van der Waals surface area contributed by atoms with E-state index < -0.39 is 0 Å². The second-order valence-electron chi connectivity index (χ2n) is 6.66. The van der Waals surface area contributed by atoms with Gasteiger partial charge >= 0.3 is 0 Å². The van der Waals surface area contributed by atoms with Crippen LogP contribution in [0.1, 0.15) is 16.8 Å². The van der Waals surface area contributed by atoms with Crippen molar-refractivity contribution in [3.05, 3.63) is 113 Å². The van der Waals surface area contributed by atoms with Crippen LogP contribution in [0.2, 0.25) is 5.15 Å². The molecule has 0 aliphatic heterocycles. The number of hydrogen-bond acceptors (Lipinski definition) is 3. The van der Waals surface area contributed by atoms with Gasteiger partial charge < -0.3 is 0 Å². The molecular formula is C24H21ClN4. The maximum Gasteiger partial charge on any atom is 0.142 e. The van der Waals surface area contributed by atoms with Crippen molar-refractivity contribution in [2.24, 2.45) is 5.10 Å². The van der Waals surface area contributed by atoms with Crippen molar-refractivity contribution < 1.29 is 0 Å². The van der Waals surface area contributed by atoms with E-state index in [1.54, 1.807) is 10.9 Å². The number of anilines is 1. The van der Waals surface area contributed by atoms with E-state index in [0.717, 1.165) is 22.6 Å². The van der Waals surface area contributed by atoms with Gasteiger partial charge in [-0.3, -0.25) is 5.01 Å². The summed E-state index contributed by atoms with van der Waals surface area (Å²) in [6, 6.07) is 30.2. The fourth-order valence-electron chi connectivity index (χ4n) is 3.08. The predicted octanol–water partition coefficient (Wildman–Crippen LogP) is 5.87. The first-order valence-electron chi connectivity index (χ1n) is 9.43. The number of hydrazone groups is 1. The molecule has 0 aliphatic rings. The van der Waals surface area contributed by atoms with Crippen LogP contribution in [0.25, 0.3) is 5.69 Å². The Balaban J connectivity index is 1.67. The average molecular weight is 401 g/mol. The van der Waals surface area contributed by atoms with E-state index in [1.165, 1.54) is 5.56 Å². The number of benzene rings is 3. The monoisotopic (exact) mass is 400 g/mol. The molecule has 4 aromatic rings. The highest BCUT2D eigenvalue weighted by Crippen LogP contribution is 2.23. The topological polar surface area (TPSA) is 33.4 Å². The first-order valence-corrected chi connectivity index (χ1v) is 9.81. The van der Waals surface area contributed by atoms with Crippen LogP contribution >= 0.6 is 11.6 Å². The van der Waals surface area contributed by atoms with Crippen molar-refractivity contribution in [2.45, 2.75) is 13.5 Å². The third-order valence-electron chi connectivity index (χ3n) is 4.60. The number of nitrogens with zero attached hydrogens (tertiary/aromatic N) is 4. The van der Waals surface area contributed by atoms with Gasteiger partial charge in [0.2, 0.25) is 0 Å². The van der Waals surface area contributed by atoms with Gasteiger partial charge in [0.15, 0.2) is 0 Å². The molecule has 1 heterocycles. The van der Waals surface area contributed by atoms with Gasteiger partial charge in [0.1, 0.15) is 5.15 Å². The van der Waals surface area contributed by atoms with E-state index in [9.17, 15) is 0 Å². The maximum absolute atomic E-state index is 6.64. The van der Waals surface area contributed by atoms with Gasteiger partial charge in [0.05, 0.1) is 35.4 Å². The molecule has 0 saturated heterocycles. The summed E-state index contributed by atoms with van der Waals surface area (Å²) in [6.07, 6.45) is 1.79. The van der Waals surface area contributed by atoms with E-state index >= 15 is 0 Å². The molecule has 0 aliphatic carbocycles. The summed E-state index contributed by atoms with van der Waals surface area (Å²) < 4.78 is 1.74. The maximum atomic E-state index is 6.64. The molecule has 0 bridgehead atoms. The van der Waals surface area contributed by atoms with Crippen LogP contribution in [0.5, 0.6) is 0 Å². The Morgan fingerprint density at radius 1 is 0.897 bits per heavy atom. The van der Waals surface area contributed by atoms with Gasteiger partial charge in [-0.15, -0.1) is 0 Å². The second kappa shape index (κ2) is 8.76. The van der Waals surface area contributed by atoms with Crippen molar-refractivity contribution >= 4 is 23.5 Å². The minimum atomic E-state index is 0.546. The molecule has 29 heavy (non-hydrogen) atoms. The van der Waals surface area contributed by atoms with Gasteiger partial charge in [-0.25, -0.2) is 4.68 Å². The Hall–Kier alpha value is -3.37. The average Bonchev–Trinajstić information content (AvgIpc) is 3.06. The Bertz CT molecular complexity index is 1090. The minimum Gasteiger partial charge on any atom is -0.261 e. The molecule has 0 amide bonds. The molecule has 0 spiro atoms. The molecule has 3 aromatic carbocycles. The number of halogens is 1. The van der Waals surface area contributed by atoms with Crippen LogP contribution in [-0.4, -0.2) is 16.0 Å². The molecule has 0 unspecified atom stereocenters. The first-order chi connectivity index (χ1) is 14.2. The summed E-state index contributed by atoms with van der Waals surface area (Å²) in [4.78, 5) is 0. The third-order valence-corrected chi connectivity index (χ3v) is 4.97. The van der Waals surface area contributed by atoms with Crippen molar-refractivity contribution in [2.75, 3.05) is 5.01 Å². The highest BCUT2D eigenvalue weighted by molar-refractivity contribution is 6.32. The number of para-hydroxylation sites is 2. The second-order valence-corrected chi connectivity index (χ2v) is 7.02. The van der Waals surface area contributed by atoms with Crippen molar-refractivity contribution in [3.63, 3.8) is 0 Å². The zero-order valence-electron chi connectivity index (χ0n) is 16.1. The van der Waals surface area contributed by atoms with Crippen LogP contribution in [0.15, 0.2) is 96.1 Å². The van der Waals surface area contributed by atoms with Gasteiger partial charge in [-0.1, -0.05) is 78.3 Å². The lowest BCUT2D eigenvalue weighted by Gasteiger charge is -2.19. The number of aryl methyl sites for hydroxylation is 1. The number of hydrogen-bond donors (Lipinski definition) is 0. The fraction of sp³-hybridized carbons (Fsp3) is 0.0833. The Morgan fingerprint density at radius 2 is 1.48 bits per heavy atom. The number of rotatable bonds is 6. The van der Waals surface area contributed by atoms with Crippen molar-refractivity contribution in [1.82, 2.24) is 9.78 Å². The van der Waals surface area contributed by atoms with Crippen LogP contribution in [0.3, 0.4) is 0 Å². The summed E-state index contributed by atoms with van der Waals surface area (Å²) >= 11 is 6.64. The van der Waals surface area contributed by atoms with Crippen LogP contribution in [0, 0.1) is 6.92 Å². The number of aromatic nitrogens is 2. The summed E-state index contributed by atoms with van der Waals surface area (Å²) in [6.45, 7) is 2.60. The standard InChI is InChI=1S/C24H21ClN4/c1-19-23(24(25)29(27-19)22-15-9-4-10-16-22)17-26-28(21-13-7-3-8-14-21)18-20-11-5-2-6-12-20/h2-17H,18H2,1H3/b26-17+. The molecule has 4 nitrogen and oxygen atoms in total.